The normalized spacial score (nSPS) is 13.9. The predicted molar refractivity (Wildman–Crippen MR) is 77.0 cm³/mol. The minimum atomic E-state index is -0.341. The van der Waals surface area contributed by atoms with E-state index in [1.54, 1.807) is 6.08 Å². The Morgan fingerprint density at radius 3 is 2.53 bits per heavy atom. The number of nitrogens with zero attached hydrogens (tertiary/aromatic N) is 1. The second-order valence-corrected chi connectivity index (χ2v) is 4.60. The van der Waals surface area contributed by atoms with E-state index < -0.39 is 0 Å². The maximum atomic E-state index is 12.2. The molecule has 4 nitrogen and oxygen atoms in total. The van der Waals surface area contributed by atoms with Gasteiger partial charge >= 0.3 is 0 Å². The summed E-state index contributed by atoms with van der Waals surface area (Å²) in [6, 6.07) is 9.48. The van der Waals surface area contributed by atoms with Crippen LogP contribution in [0.5, 0.6) is 0 Å². The van der Waals surface area contributed by atoms with Gasteiger partial charge in [0.05, 0.1) is 12.6 Å². The van der Waals surface area contributed by atoms with Crippen LogP contribution in [0.3, 0.4) is 0 Å². The molecule has 2 N–H and O–H groups in total. The first-order valence-corrected chi connectivity index (χ1v) is 6.34. The molecule has 19 heavy (non-hydrogen) atoms. The SMILES string of the molecule is C=C[C@@H](c1ccccc1)[C@@H](C(=O)NCCO)N(C)C. The van der Waals surface area contributed by atoms with Crippen molar-refractivity contribution in [3.63, 3.8) is 0 Å². The van der Waals surface area contributed by atoms with E-state index in [1.165, 1.54) is 0 Å². The molecule has 1 aromatic rings. The first-order chi connectivity index (χ1) is 9.11. The Balaban J connectivity index is 2.96. The van der Waals surface area contributed by atoms with Crippen molar-refractivity contribution >= 4 is 5.91 Å². The molecule has 0 radical (unpaired) electrons. The van der Waals surface area contributed by atoms with Gasteiger partial charge in [-0.05, 0) is 19.7 Å². The molecule has 0 saturated carbocycles. The lowest BCUT2D eigenvalue weighted by atomic mass is 9.90. The molecule has 0 fully saturated rings. The quantitative estimate of drug-likeness (QED) is 0.721. The fourth-order valence-corrected chi connectivity index (χ4v) is 2.13. The van der Waals surface area contributed by atoms with Crippen LogP contribution >= 0.6 is 0 Å². The summed E-state index contributed by atoms with van der Waals surface area (Å²) in [6.07, 6.45) is 1.79. The van der Waals surface area contributed by atoms with E-state index in [0.29, 0.717) is 0 Å². The minimum Gasteiger partial charge on any atom is -0.395 e. The molecule has 1 amide bonds. The molecule has 0 saturated heterocycles. The highest BCUT2D eigenvalue weighted by Crippen LogP contribution is 2.23. The summed E-state index contributed by atoms with van der Waals surface area (Å²) in [6.45, 7) is 4.05. The predicted octanol–water partition coefficient (Wildman–Crippen LogP) is 0.995. The number of hydrogen-bond donors (Lipinski definition) is 2. The van der Waals surface area contributed by atoms with Gasteiger partial charge < -0.3 is 10.4 Å². The molecular weight excluding hydrogens is 240 g/mol. The molecule has 0 heterocycles. The molecule has 0 bridgehead atoms. The van der Waals surface area contributed by atoms with Crippen molar-refractivity contribution in [2.24, 2.45) is 0 Å². The highest BCUT2D eigenvalue weighted by molar-refractivity contribution is 5.83. The van der Waals surface area contributed by atoms with E-state index in [2.05, 4.69) is 11.9 Å². The number of aliphatic hydroxyl groups is 1. The Morgan fingerprint density at radius 1 is 1.42 bits per heavy atom. The van der Waals surface area contributed by atoms with Gasteiger partial charge in [0.2, 0.25) is 5.91 Å². The van der Waals surface area contributed by atoms with Crippen molar-refractivity contribution < 1.29 is 9.90 Å². The third kappa shape index (κ3) is 4.19. The smallest absolute Gasteiger partial charge is 0.238 e. The minimum absolute atomic E-state index is 0.0595. The van der Waals surface area contributed by atoms with Crippen LogP contribution in [0.4, 0.5) is 0 Å². The summed E-state index contributed by atoms with van der Waals surface area (Å²) in [5.41, 5.74) is 1.05. The molecule has 0 aliphatic carbocycles. The number of aliphatic hydroxyl groups excluding tert-OH is 1. The van der Waals surface area contributed by atoms with Crippen molar-refractivity contribution in [3.8, 4) is 0 Å². The van der Waals surface area contributed by atoms with Gasteiger partial charge in [0.25, 0.3) is 0 Å². The molecule has 2 atom stereocenters. The number of carbonyl (C=O) groups is 1. The van der Waals surface area contributed by atoms with Crippen molar-refractivity contribution in [1.29, 1.82) is 0 Å². The van der Waals surface area contributed by atoms with Crippen molar-refractivity contribution in [2.45, 2.75) is 12.0 Å². The van der Waals surface area contributed by atoms with Crippen LogP contribution in [0, 0.1) is 0 Å². The van der Waals surface area contributed by atoms with Crippen LogP contribution in [0.1, 0.15) is 11.5 Å². The monoisotopic (exact) mass is 262 g/mol. The topological polar surface area (TPSA) is 52.6 Å². The number of likely N-dealkylation sites (N-methyl/N-ethyl adjacent to an activating group) is 1. The molecule has 4 heteroatoms. The zero-order chi connectivity index (χ0) is 14.3. The van der Waals surface area contributed by atoms with Gasteiger partial charge in [-0.25, -0.2) is 0 Å². The summed E-state index contributed by atoms with van der Waals surface area (Å²) in [5.74, 6) is -0.192. The van der Waals surface area contributed by atoms with Crippen LogP contribution in [0.15, 0.2) is 43.0 Å². The largest absolute Gasteiger partial charge is 0.395 e. The van der Waals surface area contributed by atoms with Gasteiger partial charge in [0.15, 0.2) is 0 Å². The molecule has 104 valence electrons. The Labute approximate surface area is 114 Å². The molecule has 0 spiro atoms. The van der Waals surface area contributed by atoms with Gasteiger partial charge in [0.1, 0.15) is 0 Å². The Kier molecular flexibility index (Phi) is 6.25. The highest BCUT2D eigenvalue weighted by atomic mass is 16.3. The van der Waals surface area contributed by atoms with Crippen molar-refractivity contribution in [3.05, 3.63) is 48.6 Å². The van der Waals surface area contributed by atoms with Crippen LogP contribution < -0.4 is 5.32 Å². The first kappa shape index (κ1) is 15.4. The number of benzene rings is 1. The Bertz CT molecular complexity index is 404. The second-order valence-electron chi connectivity index (χ2n) is 4.60. The van der Waals surface area contributed by atoms with E-state index in [4.69, 9.17) is 5.11 Å². The number of hydrogen-bond acceptors (Lipinski definition) is 3. The summed E-state index contributed by atoms with van der Waals surface area (Å²) >= 11 is 0. The lowest BCUT2D eigenvalue weighted by Gasteiger charge is -2.29. The number of carbonyl (C=O) groups excluding carboxylic acids is 1. The summed E-state index contributed by atoms with van der Waals surface area (Å²) in [5, 5.41) is 11.5. The average Bonchev–Trinajstić information content (AvgIpc) is 2.42. The van der Waals surface area contributed by atoms with Crippen LogP contribution in [0.25, 0.3) is 0 Å². The number of rotatable bonds is 7. The fraction of sp³-hybridized carbons (Fsp3) is 0.400. The fourth-order valence-electron chi connectivity index (χ4n) is 2.13. The molecule has 0 aromatic heterocycles. The standard InChI is InChI=1S/C15H22N2O2/c1-4-13(12-8-6-5-7-9-12)14(17(2)3)15(19)16-10-11-18/h4-9,13-14,18H,1,10-11H2,2-3H3,(H,16,19)/t13-,14-/m0/s1. The van der Waals surface area contributed by atoms with Crippen LogP contribution in [0.2, 0.25) is 0 Å². The summed E-state index contributed by atoms with van der Waals surface area (Å²) < 4.78 is 0. The number of nitrogens with one attached hydrogen (secondary N) is 1. The van der Waals surface area contributed by atoms with Gasteiger partial charge in [-0.2, -0.15) is 0 Å². The van der Waals surface area contributed by atoms with E-state index in [0.717, 1.165) is 5.56 Å². The van der Waals surface area contributed by atoms with Crippen molar-refractivity contribution in [1.82, 2.24) is 10.2 Å². The van der Waals surface area contributed by atoms with E-state index in [9.17, 15) is 4.79 Å². The third-order valence-electron chi connectivity index (χ3n) is 3.01. The molecule has 0 aliphatic heterocycles. The molecule has 1 aromatic carbocycles. The average molecular weight is 262 g/mol. The van der Waals surface area contributed by atoms with E-state index >= 15 is 0 Å². The zero-order valence-corrected chi connectivity index (χ0v) is 11.5. The van der Waals surface area contributed by atoms with Gasteiger partial charge in [-0.15, -0.1) is 6.58 Å². The van der Waals surface area contributed by atoms with E-state index in [-0.39, 0.29) is 31.0 Å². The zero-order valence-electron chi connectivity index (χ0n) is 11.5. The van der Waals surface area contributed by atoms with Crippen molar-refractivity contribution in [2.75, 3.05) is 27.2 Å². The maximum absolute atomic E-state index is 12.2. The van der Waals surface area contributed by atoms with Gasteiger partial charge in [-0.1, -0.05) is 36.4 Å². The first-order valence-electron chi connectivity index (χ1n) is 6.34. The third-order valence-corrected chi connectivity index (χ3v) is 3.01. The van der Waals surface area contributed by atoms with Crippen LogP contribution in [-0.4, -0.2) is 49.2 Å². The molecule has 0 unspecified atom stereocenters. The highest BCUT2D eigenvalue weighted by Gasteiger charge is 2.29. The lowest BCUT2D eigenvalue weighted by Crippen LogP contribution is -2.47. The molecular formula is C15H22N2O2. The molecule has 1 rings (SSSR count). The maximum Gasteiger partial charge on any atom is 0.238 e. The summed E-state index contributed by atoms with van der Waals surface area (Å²) in [4.78, 5) is 14.1. The summed E-state index contributed by atoms with van der Waals surface area (Å²) in [7, 11) is 3.73. The van der Waals surface area contributed by atoms with Gasteiger partial charge in [-0.3, -0.25) is 9.69 Å². The number of amides is 1. The van der Waals surface area contributed by atoms with Crippen LogP contribution in [-0.2, 0) is 4.79 Å². The lowest BCUT2D eigenvalue weighted by molar-refractivity contribution is -0.126. The van der Waals surface area contributed by atoms with Gasteiger partial charge in [0, 0.05) is 12.5 Å². The Morgan fingerprint density at radius 2 is 2.05 bits per heavy atom. The van der Waals surface area contributed by atoms with E-state index in [1.807, 2.05) is 49.3 Å². The molecule has 0 aliphatic rings. The second kappa shape index (κ2) is 7.71. The Hall–Kier alpha value is -1.65.